The Bertz CT molecular complexity index is 774. The first-order valence-corrected chi connectivity index (χ1v) is 11.3. The topological polar surface area (TPSA) is 48.9 Å². The van der Waals surface area contributed by atoms with Crippen LogP contribution in [0.15, 0.2) is 46.1 Å². The lowest BCUT2D eigenvalue weighted by molar-refractivity contribution is 0.129. The minimum absolute atomic E-state index is 0.215. The molecule has 2 heterocycles. The molecule has 1 aliphatic rings. The average molecular weight is 415 g/mol. The van der Waals surface area contributed by atoms with Crippen LogP contribution in [0.3, 0.4) is 0 Å². The number of nitrogens with one attached hydrogen (secondary N) is 2. The maximum absolute atomic E-state index is 6.10. The summed E-state index contributed by atoms with van der Waals surface area (Å²) >= 11 is 1.78. The molecule has 1 saturated heterocycles. The van der Waals surface area contributed by atoms with Gasteiger partial charge in [0, 0.05) is 44.8 Å². The molecule has 2 N–H and O–H groups in total. The second-order valence-electron chi connectivity index (χ2n) is 8.57. The zero-order valence-corrected chi connectivity index (χ0v) is 18.9. The highest BCUT2D eigenvalue weighted by atomic mass is 32.1. The molecule has 3 rings (SSSR count). The van der Waals surface area contributed by atoms with Crippen molar-refractivity contribution in [3.63, 3.8) is 0 Å². The van der Waals surface area contributed by atoms with Gasteiger partial charge in [-0.3, -0.25) is 9.89 Å². The van der Waals surface area contributed by atoms with Gasteiger partial charge < -0.3 is 15.4 Å². The van der Waals surface area contributed by atoms with Crippen LogP contribution in [0, 0.1) is 0 Å². The maximum Gasteiger partial charge on any atom is 0.191 e. The van der Waals surface area contributed by atoms with Crippen LogP contribution in [0.4, 0.5) is 0 Å². The predicted octanol–water partition coefficient (Wildman–Crippen LogP) is 4.26. The molecule has 0 bridgehead atoms. The number of nitrogens with zero attached hydrogens (tertiary/aromatic N) is 2. The number of benzene rings is 1. The molecule has 1 aliphatic heterocycles. The Hall–Kier alpha value is -2.05. The van der Waals surface area contributed by atoms with Crippen molar-refractivity contribution in [2.45, 2.75) is 58.3 Å². The first kappa shape index (κ1) is 21.7. The maximum atomic E-state index is 6.10. The third kappa shape index (κ3) is 7.05. The molecule has 0 spiro atoms. The van der Waals surface area contributed by atoms with E-state index >= 15 is 0 Å². The molecule has 1 fully saturated rings. The van der Waals surface area contributed by atoms with Crippen LogP contribution in [0.1, 0.15) is 44.7 Å². The molecule has 1 aromatic heterocycles. The Balaban J connectivity index is 1.47. The molecular weight excluding hydrogens is 380 g/mol. The van der Waals surface area contributed by atoms with E-state index in [1.807, 2.05) is 25.2 Å². The molecule has 1 aromatic carbocycles. The fraction of sp³-hybridized carbons (Fsp3) is 0.522. The SMILES string of the molecule is CN=C(NCc1ccccc1OC(C)(C)C)NC1CCN(Cc2ccsc2)CC1. The minimum atomic E-state index is -0.215. The molecule has 158 valence electrons. The highest BCUT2D eigenvalue weighted by Crippen LogP contribution is 2.23. The van der Waals surface area contributed by atoms with Gasteiger partial charge in [-0.05, 0) is 62.1 Å². The van der Waals surface area contributed by atoms with Crippen LogP contribution in [0.25, 0.3) is 0 Å². The van der Waals surface area contributed by atoms with Crippen LogP contribution >= 0.6 is 11.3 Å². The molecule has 0 aliphatic carbocycles. The first-order valence-electron chi connectivity index (χ1n) is 10.4. The second kappa shape index (κ2) is 10.1. The highest BCUT2D eigenvalue weighted by Gasteiger charge is 2.20. The van der Waals surface area contributed by atoms with Crippen LogP contribution in [-0.4, -0.2) is 42.6 Å². The van der Waals surface area contributed by atoms with Gasteiger partial charge in [0.15, 0.2) is 5.96 Å². The molecule has 0 atom stereocenters. The van der Waals surface area contributed by atoms with Gasteiger partial charge in [-0.1, -0.05) is 18.2 Å². The lowest BCUT2D eigenvalue weighted by Gasteiger charge is -2.33. The van der Waals surface area contributed by atoms with Crippen molar-refractivity contribution in [3.05, 3.63) is 52.2 Å². The standard InChI is InChI=1S/C23H34N4OS/c1-23(2,3)28-21-8-6-5-7-19(21)15-25-22(24-4)26-20-9-12-27(13-10-20)16-18-11-14-29-17-18/h5-8,11,14,17,20H,9-10,12-13,15-16H2,1-4H3,(H2,24,25,26). The molecule has 2 aromatic rings. The van der Waals surface area contributed by atoms with Gasteiger partial charge >= 0.3 is 0 Å². The van der Waals surface area contributed by atoms with Gasteiger partial charge in [-0.2, -0.15) is 11.3 Å². The summed E-state index contributed by atoms with van der Waals surface area (Å²) in [5, 5.41) is 11.5. The Labute approximate surface area is 179 Å². The van der Waals surface area contributed by atoms with E-state index in [-0.39, 0.29) is 5.60 Å². The number of piperidine rings is 1. The third-order valence-electron chi connectivity index (χ3n) is 4.97. The fourth-order valence-electron chi connectivity index (χ4n) is 3.52. The summed E-state index contributed by atoms with van der Waals surface area (Å²) in [5.74, 6) is 1.77. The number of guanidine groups is 1. The van der Waals surface area contributed by atoms with Crippen molar-refractivity contribution >= 4 is 17.3 Å². The molecule has 5 nitrogen and oxygen atoms in total. The lowest BCUT2D eigenvalue weighted by atomic mass is 10.0. The zero-order chi connectivity index (χ0) is 20.7. The number of para-hydroxylation sites is 1. The molecule has 29 heavy (non-hydrogen) atoms. The van der Waals surface area contributed by atoms with Crippen LogP contribution in [0.5, 0.6) is 5.75 Å². The van der Waals surface area contributed by atoms with Crippen LogP contribution in [0.2, 0.25) is 0 Å². The summed E-state index contributed by atoms with van der Waals surface area (Å²) in [6.07, 6.45) is 2.27. The quantitative estimate of drug-likeness (QED) is 0.548. The molecule has 0 radical (unpaired) electrons. The fourth-order valence-corrected chi connectivity index (χ4v) is 4.18. The van der Waals surface area contributed by atoms with Gasteiger partial charge in [0.05, 0.1) is 0 Å². The summed E-state index contributed by atoms with van der Waals surface area (Å²) in [6.45, 7) is 10.2. The lowest BCUT2D eigenvalue weighted by Crippen LogP contribution is -2.48. The first-order chi connectivity index (χ1) is 13.9. The minimum Gasteiger partial charge on any atom is -0.488 e. The van der Waals surface area contributed by atoms with E-state index in [1.54, 1.807) is 11.3 Å². The van der Waals surface area contributed by atoms with E-state index in [0.717, 1.165) is 49.7 Å². The van der Waals surface area contributed by atoms with Gasteiger partial charge in [0.25, 0.3) is 0 Å². The van der Waals surface area contributed by atoms with Gasteiger partial charge in [0.2, 0.25) is 0 Å². The van der Waals surface area contributed by atoms with Crippen molar-refractivity contribution in [1.29, 1.82) is 0 Å². The molecular formula is C23H34N4OS. The number of thiophene rings is 1. The Morgan fingerprint density at radius 3 is 2.62 bits per heavy atom. The monoisotopic (exact) mass is 414 g/mol. The van der Waals surface area contributed by atoms with E-state index < -0.39 is 0 Å². The summed E-state index contributed by atoms with van der Waals surface area (Å²) in [4.78, 5) is 6.96. The predicted molar refractivity (Wildman–Crippen MR) is 123 cm³/mol. The third-order valence-corrected chi connectivity index (χ3v) is 5.71. The van der Waals surface area contributed by atoms with Gasteiger partial charge in [-0.15, -0.1) is 0 Å². The number of hydrogen-bond donors (Lipinski definition) is 2. The van der Waals surface area contributed by atoms with Gasteiger partial charge in [0.1, 0.15) is 11.4 Å². The number of aliphatic imine (C=N–C) groups is 1. The smallest absolute Gasteiger partial charge is 0.191 e. The van der Waals surface area contributed by atoms with Crippen molar-refractivity contribution in [2.24, 2.45) is 4.99 Å². The largest absolute Gasteiger partial charge is 0.488 e. The number of likely N-dealkylation sites (tertiary alicyclic amines) is 1. The van der Waals surface area contributed by atoms with E-state index in [1.165, 1.54) is 5.56 Å². The van der Waals surface area contributed by atoms with E-state index in [0.29, 0.717) is 12.6 Å². The summed E-state index contributed by atoms with van der Waals surface area (Å²) < 4.78 is 6.10. The second-order valence-corrected chi connectivity index (χ2v) is 9.35. The highest BCUT2D eigenvalue weighted by molar-refractivity contribution is 7.07. The number of hydrogen-bond acceptors (Lipinski definition) is 4. The van der Waals surface area contributed by atoms with Crippen molar-refractivity contribution < 1.29 is 4.74 Å². The number of rotatable bonds is 6. The molecule has 0 saturated carbocycles. The van der Waals surface area contributed by atoms with E-state index in [9.17, 15) is 0 Å². The number of ether oxygens (including phenoxy) is 1. The molecule has 0 unspecified atom stereocenters. The summed E-state index contributed by atoms with van der Waals surface area (Å²) in [6, 6.07) is 10.9. The zero-order valence-electron chi connectivity index (χ0n) is 18.1. The van der Waals surface area contributed by atoms with E-state index in [4.69, 9.17) is 4.74 Å². The van der Waals surface area contributed by atoms with Crippen LogP contribution < -0.4 is 15.4 Å². The molecule has 0 amide bonds. The van der Waals surface area contributed by atoms with Crippen molar-refractivity contribution in [1.82, 2.24) is 15.5 Å². The molecule has 6 heteroatoms. The normalized spacial score (nSPS) is 16.6. The van der Waals surface area contributed by atoms with E-state index in [2.05, 4.69) is 64.2 Å². The Kier molecular flexibility index (Phi) is 7.56. The average Bonchev–Trinajstić information content (AvgIpc) is 3.19. The van der Waals surface area contributed by atoms with Crippen molar-refractivity contribution in [2.75, 3.05) is 20.1 Å². The Morgan fingerprint density at radius 1 is 1.21 bits per heavy atom. The summed E-state index contributed by atoms with van der Waals surface area (Å²) in [7, 11) is 1.83. The van der Waals surface area contributed by atoms with Crippen molar-refractivity contribution in [3.8, 4) is 5.75 Å². The van der Waals surface area contributed by atoms with Crippen LogP contribution in [-0.2, 0) is 13.1 Å². The van der Waals surface area contributed by atoms with Gasteiger partial charge in [-0.25, -0.2) is 0 Å². The Morgan fingerprint density at radius 2 is 1.97 bits per heavy atom. The summed E-state index contributed by atoms with van der Waals surface area (Å²) in [5.41, 5.74) is 2.35.